The van der Waals surface area contributed by atoms with Crippen molar-refractivity contribution in [2.24, 2.45) is 0 Å². The van der Waals surface area contributed by atoms with Gasteiger partial charge in [0.25, 0.3) is 0 Å². The van der Waals surface area contributed by atoms with Gasteiger partial charge in [-0.3, -0.25) is 0 Å². The largest absolute Gasteiger partial charge is 0.484 e. The molecule has 1 aromatic rings. The van der Waals surface area contributed by atoms with Gasteiger partial charge in [0.05, 0.1) is 0 Å². The van der Waals surface area contributed by atoms with Crippen molar-refractivity contribution in [3.05, 3.63) is 18.3 Å². The molecule has 0 spiro atoms. The Morgan fingerprint density at radius 1 is 1.33 bits per heavy atom. The smallest absolute Gasteiger partial charge is 0.422 e. The Labute approximate surface area is 105 Å². The molecular weight excluding hydrogens is 245 g/mol. The molecule has 0 amide bonds. The Bertz CT molecular complexity index is 340. The van der Waals surface area contributed by atoms with E-state index >= 15 is 0 Å². The summed E-state index contributed by atoms with van der Waals surface area (Å²) in [4.78, 5) is 3.95. The first kappa shape index (κ1) is 16.5. The van der Waals surface area contributed by atoms with Gasteiger partial charge in [-0.15, -0.1) is 0 Å². The topological polar surface area (TPSA) is 34.1 Å². The van der Waals surface area contributed by atoms with Gasteiger partial charge < -0.3 is 10.1 Å². The van der Waals surface area contributed by atoms with Crippen LogP contribution in [0, 0.1) is 0 Å². The molecule has 1 N–H and O–H groups in total. The number of nitrogens with zero attached hydrogens (tertiary/aromatic N) is 1. The second-order valence-corrected chi connectivity index (χ2v) is 3.58. The van der Waals surface area contributed by atoms with Crippen LogP contribution < -0.4 is 10.1 Å². The normalized spacial score (nSPS) is 10.7. The van der Waals surface area contributed by atoms with Gasteiger partial charge in [-0.2, -0.15) is 13.2 Å². The van der Waals surface area contributed by atoms with Gasteiger partial charge in [-0.05, 0) is 19.9 Å². The summed E-state index contributed by atoms with van der Waals surface area (Å²) in [6.07, 6.45) is -2.93. The third kappa shape index (κ3) is 7.76. The molecule has 0 aliphatic heterocycles. The summed E-state index contributed by atoms with van der Waals surface area (Å²) in [5, 5.41) is 2.97. The number of aromatic nitrogens is 1. The zero-order chi connectivity index (χ0) is 14.2. The van der Waals surface area contributed by atoms with E-state index in [9.17, 15) is 13.2 Å². The van der Waals surface area contributed by atoms with Crippen LogP contribution in [0.4, 0.5) is 19.0 Å². The van der Waals surface area contributed by atoms with Crippen molar-refractivity contribution < 1.29 is 17.9 Å². The number of halogens is 3. The molecule has 3 nitrogen and oxygen atoms in total. The molecule has 0 atom stereocenters. The highest BCUT2D eigenvalue weighted by Crippen LogP contribution is 2.20. The number of nitrogens with one attached hydrogen (secondary N) is 1. The monoisotopic (exact) mass is 264 g/mol. The van der Waals surface area contributed by atoms with Gasteiger partial charge in [0.2, 0.25) is 0 Å². The molecule has 18 heavy (non-hydrogen) atoms. The minimum atomic E-state index is -4.32. The Balaban J connectivity index is 0.00000137. The van der Waals surface area contributed by atoms with Gasteiger partial charge in [-0.25, -0.2) is 4.98 Å². The minimum absolute atomic E-state index is 0.149. The fourth-order valence-electron chi connectivity index (χ4n) is 1.04. The van der Waals surface area contributed by atoms with Crippen LogP contribution in [0.25, 0.3) is 0 Å². The lowest BCUT2D eigenvalue weighted by molar-refractivity contribution is -0.153. The zero-order valence-electron chi connectivity index (χ0n) is 11.0. The standard InChI is InChI=1S/C10H13F3N2O.C2H6/c1-7(2)15-9-5-8(3-4-14-9)16-6-10(11,12)13;1-2/h3-5,7H,6H2,1-2H3,(H,14,15);1-2H3. The highest BCUT2D eigenvalue weighted by Gasteiger charge is 2.28. The number of alkyl halides is 3. The molecule has 6 heteroatoms. The number of anilines is 1. The van der Waals surface area contributed by atoms with E-state index in [4.69, 9.17) is 0 Å². The summed E-state index contributed by atoms with van der Waals surface area (Å²) in [6, 6.07) is 2.98. The molecule has 0 saturated heterocycles. The van der Waals surface area contributed by atoms with Gasteiger partial charge in [0, 0.05) is 18.3 Å². The summed E-state index contributed by atoms with van der Waals surface area (Å²) in [6.45, 7) is 6.52. The number of ether oxygens (including phenoxy) is 1. The van der Waals surface area contributed by atoms with Crippen LogP contribution in [0.1, 0.15) is 27.7 Å². The molecule has 0 bridgehead atoms. The molecule has 0 fully saturated rings. The molecule has 0 aliphatic carbocycles. The average molecular weight is 264 g/mol. The highest BCUT2D eigenvalue weighted by atomic mass is 19.4. The predicted octanol–water partition coefficient (Wildman–Crippen LogP) is 3.87. The van der Waals surface area contributed by atoms with Gasteiger partial charge >= 0.3 is 6.18 Å². The number of pyridine rings is 1. The van der Waals surface area contributed by atoms with E-state index in [1.807, 2.05) is 27.7 Å². The number of hydrogen-bond donors (Lipinski definition) is 1. The molecule has 1 heterocycles. The fraction of sp³-hybridized carbons (Fsp3) is 0.583. The summed E-state index contributed by atoms with van der Waals surface area (Å²) >= 11 is 0. The molecule has 104 valence electrons. The Hall–Kier alpha value is -1.46. The summed E-state index contributed by atoms with van der Waals surface area (Å²) < 4.78 is 40.3. The van der Waals surface area contributed by atoms with E-state index < -0.39 is 12.8 Å². The summed E-state index contributed by atoms with van der Waals surface area (Å²) in [7, 11) is 0. The number of hydrogen-bond acceptors (Lipinski definition) is 3. The van der Waals surface area contributed by atoms with E-state index in [2.05, 4.69) is 15.0 Å². The second-order valence-electron chi connectivity index (χ2n) is 3.58. The maximum atomic E-state index is 11.9. The molecule has 0 radical (unpaired) electrons. The molecule has 1 rings (SSSR count). The lowest BCUT2D eigenvalue weighted by Gasteiger charge is -2.12. The molecule has 0 saturated carbocycles. The predicted molar refractivity (Wildman–Crippen MR) is 65.9 cm³/mol. The van der Waals surface area contributed by atoms with Crippen LogP contribution >= 0.6 is 0 Å². The van der Waals surface area contributed by atoms with Crippen LogP contribution in [0.5, 0.6) is 5.75 Å². The van der Waals surface area contributed by atoms with Crippen molar-refractivity contribution in [3.8, 4) is 5.75 Å². The maximum absolute atomic E-state index is 11.9. The number of rotatable bonds is 4. The fourth-order valence-corrected chi connectivity index (χ4v) is 1.04. The van der Waals surface area contributed by atoms with Crippen LogP contribution in [0.2, 0.25) is 0 Å². The van der Waals surface area contributed by atoms with Crippen LogP contribution in [0.3, 0.4) is 0 Å². The SMILES string of the molecule is CC.CC(C)Nc1cc(OCC(F)(F)F)ccn1. The Morgan fingerprint density at radius 3 is 2.44 bits per heavy atom. The van der Waals surface area contributed by atoms with Crippen molar-refractivity contribution in [2.45, 2.75) is 39.9 Å². The van der Waals surface area contributed by atoms with Crippen molar-refractivity contribution in [1.82, 2.24) is 4.98 Å². The molecule has 0 aromatic carbocycles. The third-order valence-corrected chi connectivity index (χ3v) is 1.57. The lowest BCUT2D eigenvalue weighted by Crippen LogP contribution is -2.19. The first-order chi connectivity index (χ1) is 8.37. The van der Waals surface area contributed by atoms with Crippen LogP contribution in [-0.2, 0) is 0 Å². The van der Waals surface area contributed by atoms with Crippen molar-refractivity contribution in [3.63, 3.8) is 0 Å². The first-order valence-electron chi connectivity index (χ1n) is 5.79. The highest BCUT2D eigenvalue weighted by molar-refractivity contribution is 5.41. The van der Waals surface area contributed by atoms with Crippen molar-refractivity contribution in [2.75, 3.05) is 11.9 Å². The Kier molecular flexibility index (Phi) is 7.16. The van der Waals surface area contributed by atoms with E-state index in [1.54, 1.807) is 0 Å². The van der Waals surface area contributed by atoms with Crippen LogP contribution in [0.15, 0.2) is 18.3 Å². The first-order valence-corrected chi connectivity index (χ1v) is 5.79. The van der Waals surface area contributed by atoms with Crippen molar-refractivity contribution in [1.29, 1.82) is 0 Å². The average Bonchev–Trinajstić information content (AvgIpc) is 2.28. The van der Waals surface area contributed by atoms with Gasteiger partial charge in [0.1, 0.15) is 11.6 Å². The third-order valence-electron chi connectivity index (χ3n) is 1.57. The Morgan fingerprint density at radius 2 is 1.94 bits per heavy atom. The summed E-state index contributed by atoms with van der Waals surface area (Å²) in [5.74, 6) is 0.644. The maximum Gasteiger partial charge on any atom is 0.422 e. The quantitative estimate of drug-likeness (QED) is 0.896. The van der Waals surface area contributed by atoms with Crippen molar-refractivity contribution >= 4 is 5.82 Å². The van der Waals surface area contributed by atoms with E-state index in [-0.39, 0.29) is 11.8 Å². The van der Waals surface area contributed by atoms with E-state index in [0.29, 0.717) is 5.82 Å². The lowest BCUT2D eigenvalue weighted by atomic mass is 10.3. The molecular formula is C12H19F3N2O. The summed E-state index contributed by atoms with van der Waals surface area (Å²) in [5.41, 5.74) is 0. The van der Waals surface area contributed by atoms with E-state index in [0.717, 1.165) is 0 Å². The minimum Gasteiger partial charge on any atom is -0.484 e. The van der Waals surface area contributed by atoms with Crippen LogP contribution in [-0.4, -0.2) is 23.8 Å². The second kappa shape index (κ2) is 7.79. The molecule has 0 unspecified atom stereocenters. The zero-order valence-corrected chi connectivity index (χ0v) is 11.0. The van der Waals surface area contributed by atoms with E-state index in [1.165, 1.54) is 18.3 Å². The molecule has 1 aromatic heterocycles. The van der Waals surface area contributed by atoms with Gasteiger partial charge in [-0.1, -0.05) is 13.8 Å². The van der Waals surface area contributed by atoms with Gasteiger partial charge in [0.15, 0.2) is 6.61 Å². The molecule has 0 aliphatic rings.